The molecule has 92 valence electrons. The molecule has 5 N–H and O–H groups in total. The van der Waals surface area contributed by atoms with E-state index in [4.69, 9.17) is 11.0 Å². The van der Waals surface area contributed by atoms with Gasteiger partial charge in [0, 0.05) is 11.4 Å². The minimum absolute atomic E-state index is 0.193. The number of nitrogens with two attached hydrogens (primary N) is 1. The van der Waals surface area contributed by atoms with E-state index in [0.29, 0.717) is 5.69 Å². The van der Waals surface area contributed by atoms with Crippen LogP contribution in [0, 0.1) is 11.3 Å². The van der Waals surface area contributed by atoms with Crippen LogP contribution in [0.1, 0.15) is 12.5 Å². The first-order chi connectivity index (χ1) is 8.04. The Morgan fingerprint density at radius 2 is 2.06 bits per heavy atom. The van der Waals surface area contributed by atoms with Gasteiger partial charge in [-0.15, -0.1) is 0 Å². The van der Waals surface area contributed by atoms with Gasteiger partial charge in [-0.05, 0) is 30.7 Å². The number of hydrogen-bond acceptors (Lipinski definition) is 5. The number of aliphatic hydroxyl groups is 2. The van der Waals surface area contributed by atoms with Gasteiger partial charge in [-0.25, -0.2) is 0 Å². The Morgan fingerprint density at radius 3 is 2.59 bits per heavy atom. The lowest BCUT2D eigenvalue weighted by atomic mass is 10.0. The van der Waals surface area contributed by atoms with Gasteiger partial charge in [0.2, 0.25) is 0 Å². The zero-order valence-electron chi connectivity index (χ0n) is 9.77. The quantitative estimate of drug-likeness (QED) is 0.556. The molecule has 17 heavy (non-hydrogen) atoms. The maximum atomic E-state index is 9.17. The normalized spacial score (nSPS) is 10.9. The van der Waals surface area contributed by atoms with E-state index in [2.05, 4.69) is 5.32 Å². The summed E-state index contributed by atoms with van der Waals surface area (Å²) in [5.41, 5.74) is 6.95. The van der Waals surface area contributed by atoms with Gasteiger partial charge >= 0.3 is 0 Å². The number of nitrogen functional groups attached to an aromatic ring is 1. The zero-order chi connectivity index (χ0) is 12.9. The van der Waals surface area contributed by atoms with Gasteiger partial charge < -0.3 is 21.3 Å². The molecule has 1 aromatic rings. The number of anilines is 2. The monoisotopic (exact) mass is 235 g/mol. The number of hydrogen-bond donors (Lipinski definition) is 4. The summed E-state index contributed by atoms with van der Waals surface area (Å²) in [6.07, 6.45) is 0.232. The van der Waals surface area contributed by atoms with Crippen molar-refractivity contribution in [2.45, 2.75) is 18.9 Å². The van der Waals surface area contributed by atoms with Crippen LogP contribution in [-0.4, -0.2) is 29.0 Å². The van der Waals surface area contributed by atoms with Crippen LogP contribution in [-0.2, 0) is 6.42 Å². The van der Waals surface area contributed by atoms with Gasteiger partial charge in [0.05, 0.1) is 31.2 Å². The minimum Gasteiger partial charge on any atom is -0.398 e. The molecule has 0 aliphatic rings. The Balaban J connectivity index is 2.93. The van der Waals surface area contributed by atoms with E-state index in [0.717, 1.165) is 11.3 Å². The van der Waals surface area contributed by atoms with Gasteiger partial charge in [-0.3, -0.25) is 0 Å². The molecular formula is C12H17N3O2. The summed E-state index contributed by atoms with van der Waals surface area (Å²) in [6.45, 7) is 1.32. The van der Waals surface area contributed by atoms with E-state index in [1.54, 1.807) is 25.1 Å². The highest BCUT2D eigenvalue weighted by Gasteiger charge is 2.21. The Hall–Kier alpha value is -1.77. The largest absolute Gasteiger partial charge is 0.398 e. The fraction of sp³-hybridized carbons (Fsp3) is 0.417. The second-order valence-corrected chi connectivity index (χ2v) is 4.25. The Kier molecular flexibility index (Phi) is 4.32. The number of nitrogens with zero attached hydrogens (tertiary/aromatic N) is 1. The predicted octanol–water partition coefficient (Wildman–Crippen LogP) is 0.490. The summed E-state index contributed by atoms with van der Waals surface area (Å²) in [6, 6.07) is 7.24. The number of aliphatic hydroxyl groups excluding tert-OH is 2. The van der Waals surface area contributed by atoms with Crippen molar-refractivity contribution in [2.24, 2.45) is 0 Å². The lowest BCUT2D eigenvalue weighted by Gasteiger charge is -2.27. The minimum atomic E-state index is -0.792. The van der Waals surface area contributed by atoms with Crippen molar-refractivity contribution in [1.82, 2.24) is 0 Å². The van der Waals surface area contributed by atoms with Gasteiger partial charge in [-0.1, -0.05) is 0 Å². The molecule has 0 saturated carbocycles. The summed E-state index contributed by atoms with van der Waals surface area (Å²) >= 11 is 0. The highest BCUT2D eigenvalue weighted by molar-refractivity contribution is 5.58. The van der Waals surface area contributed by atoms with E-state index >= 15 is 0 Å². The van der Waals surface area contributed by atoms with Crippen molar-refractivity contribution in [3.05, 3.63) is 23.8 Å². The van der Waals surface area contributed by atoms with E-state index in [-0.39, 0.29) is 19.6 Å². The number of nitriles is 1. The van der Waals surface area contributed by atoms with Crippen LogP contribution in [0.15, 0.2) is 18.2 Å². The average Bonchev–Trinajstić information content (AvgIpc) is 2.33. The summed E-state index contributed by atoms with van der Waals surface area (Å²) < 4.78 is 0. The van der Waals surface area contributed by atoms with E-state index in [9.17, 15) is 10.2 Å². The first-order valence-electron chi connectivity index (χ1n) is 5.30. The van der Waals surface area contributed by atoms with Crippen LogP contribution in [0.5, 0.6) is 0 Å². The molecule has 0 spiro atoms. The molecule has 0 atom stereocenters. The van der Waals surface area contributed by atoms with Gasteiger partial charge in [0.15, 0.2) is 0 Å². The molecule has 1 aromatic carbocycles. The van der Waals surface area contributed by atoms with E-state index in [1.165, 1.54) is 0 Å². The fourth-order valence-electron chi connectivity index (χ4n) is 1.40. The number of nitrogens with one attached hydrogen (secondary N) is 1. The van der Waals surface area contributed by atoms with Crippen LogP contribution >= 0.6 is 0 Å². The summed E-state index contributed by atoms with van der Waals surface area (Å²) in [5.74, 6) is 0. The standard InChI is InChI=1S/C12H17N3O2/c1-12(7-16,8-17)15-10-2-3-11(14)9(6-10)4-5-13/h2-3,6,15-17H,4,7-8,14H2,1H3. The summed E-state index contributed by atoms with van der Waals surface area (Å²) in [4.78, 5) is 0. The molecule has 0 aliphatic carbocycles. The third-order valence-electron chi connectivity index (χ3n) is 2.56. The highest BCUT2D eigenvalue weighted by atomic mass is 16.3. The van der Waals surface area contributed by atoms with Gasteiger partial charge in [-0.2, -0.15) is 5.26 Å². The Labute approximate surface area is 100 Å². The maximum Gasteiger partial charge on any atom is 0.0806 e. The van der Waals surface area contributed by atoms with Crippen molar-refractivity contribution in [3.8, 4) is 6.07 Å². The third kappa shape index (κ3) is 3.34. The van der Waals surface area contributed by atoms with E-state index < -0.39 is 5.54 Å². The van der Waals surface area contributed by atoms with Crippen LogP contribution in [0.25, 0.3) is 0 Å². The van der Waals surface area contributed by atoms with Crippen molar-refractivity contribution < 1.29 is 10.2 Å². The SMILES string of the molecule is CC(CO)(CO)Nc1ccc(N)c(CC#N)c1. The van der Waals surface area contributed by atoms with Crippen molar-refractivity contribution in [1.29, 1.82) is 5.26 Å². The zero-order valence-corrected chi connectivity index (χ0v) is 9.77. The van der Waals surface area contributed by atoms with Crippen LogP contribution in [0.3, 0.4) is 0 Å². The average molecular weight is 235 g/mol. The first-order valence-corrected chi connectivity index (χ1v) is 5.30. The highest BCUT2D eigenvalue weighted by Crippen LogP contribution is 2.21. The second kappa shape index (κ2) is 5.53. The molecule has 0 heterocycles. The number of rotatable bonds is 5. The molecule has 5 nitrogen and oxygen atoms in total. The smallest absolute Gasteiger partial charge is 0.0806 e. The molecule has 0 bridgehead atoms. The molecule has 1 rings (SSSR count). The Morgan fingerprint density at radius 1 is 1.41 bits per heavy atom. The molecular weight excluding hydrogens is 218 g/mol. The van der Waals surface area contributed by atoms with Crippen molar-refractivity contribution in [3.63, 3.8) is 0 Å². The topological polar surface area (TPSA) is 102 Å². The fourth-order valence-corrected chi connectivity index (χ4v) is 1.40. The first kappa shape index (κ1) is 13.3. The molecule has 0 fully saturated rings. The molecule has 0 saturated heterocycles. The van der Waals surface area contributed by atoms with Gasteiger partial charge in [0.25, 0.3) is 0 Å². The predicted molar refractivity (Wildman–Crippen MR) is 66.4 cm³/mol. The summed E-state index contributed by atoms with van der Waals surface area (Å²) in [5, 5.41) is 30.0. The molecule has 0 aromatic heterocycles. The Bertz CT molecular complexity index is 422. The molecule has 0 amide bonds. The lowest BCUT2D eigenvalue weighted by molar-refractivity contribution is 0.147. The summed E-state index contributed by atoms with van der Waals surface area (Å²) in [7, 11) is 0. The van der Waals surface area contributed by atoms with Crippen LogP contribution in [0.4, 0.5) is 11.4 Å². The van der Waals surface area contributed by atoms with Gasteiger partial charge in [0.1, 0.15) is 0 Å². The maximum absolute atomic E-state index is 9.17. The molecule has 0 unspecified atom stereocenters. The van der Waals surface area contributed by atoms with Crippen LogP contribution in [0.2, 0.25) is 0 Å². The van der Waals surface area contributed by atoms with Crippen molar-refractivity contribution in [2.75, 3.05) is 24.3 Å². The molecule has 0 radical (unpaired) electrons. The second-order valence-electron chi connectivity index (χ2n) is 4.25. The number of benzene rings is 1. The molecule has 0 aliphatic heterocycles. The lowest BCUT2D eigenvalue weighted by Crippen LogP contribution is -2.42. The van der Waals surface area contributed by atoms with Crippen LogP contribution < -0.4 is 11.1 Å². The molecule has 5 heteroatoms. The van der Waals surface area contributed by atoms with E-state index in [1.807, 2.05) is 6.07 Å². The van der Waals surface area contributed by atoms with Crippen molar-refractivity contribution >= 4 is 11.4 Å². The third-order valence-corrected chi connectivity index (χ3v) is 2.56.